The van der Waals surface area contributed by atoms with Crippen LogP contribution in [0, 0.1) is 0 Å². The van der Waals surface area contributed by atoms with E-state index in [-0.39, 0.29) is 5.41 Å². The molecule has 162 valence electrons. The van der Waals surface area contributed by atoms with E-state index in [0.29, 0.717) is 0 Å². The molecule has 0 amide bonds. The van der Waals surface area contributed by atoms with Crippen LogP contribution in [0.5, 0.6) is 11.5 Å². The van der Waals surface area contributed by atoms with Crippen molar-refractivity contribution in [2.24, 2.45) is 0 Å². The molecule has 0 atom stereocenters. The van der Waals surface area contributed by atoms with Gasteiger partial charge in [-0.25, -0.2) is 0 Å². The minimum atomic E-state index is -1.35. The third-order valence-corrected chi connectivity index (χ3v) is 7.34. The van der Waals surface area contributed by atoms with Crippen molar-refractivity contribution in [3.05, 3.63) is 59.2 Å². The summed E-state index contributed by atoms with van der Waals surface area (Å²) >= 11 is 0. The number of anilines is 1. The monoisotopic (exact) mass is 432 g/mol. The largest absolute Gasteiger partial charge is 0.502 e. The third-order valence-electron chi connectivity index (χ3n) is 7.34. The first-order valence-corrected chi connectivity index (χ1v) is 11.6. The lowest BCUT2D eigenvalue weighted by Crippen LogP contribution is -2.43. The Morgan fingerprint density at radius 2 is 1.82 bits per heavy atom. The maximum Gasteiger partial charge on any atom is 0.142 e. The summed E-state index contributed by atoms with van der Waals surface area (Å²) in [5, 5.41) is 4.19. The molecule has 0 saturated carbocycles. The van der Waals surface area contributed by atoms with Crippen molar-refractivity contribution >= 4 is 38.2 Å². The standard InChI is InChI=1S/C27H26B2N2O2/c1-26(2)20-7-5-4-6-16(20)23-18-14-21(31-12-10-30-11-13-31)22(32-3)15-19(18)25-17(24(23)26)8-9-27(28,29)33-25/h4-9,14-15,30H,10-13H2,1-3H3. The number of rotatable bonds is 2. The van der Waals surface area contributed by atoms with E-state index in [9.17, 15) is 0 Å². The molecule has 33 heavy (non-hydrogen) atoms. The molecule has 1 saturated heterocycles. The normalized spacial score (nSPS) is 19.5. The van der Waals surface area contributed by atoms with Crippen LogP contribution in [0.1, 0.15) is 30.5 Å². The average molecular weight is 432 g/mol. The molecule has 3 aromatic carbocycles. The predicted octanol–water partition coefficient (Wildman–Crippen LogP) is 3.96. The molecule has 3 aromatic rings. The minimum absolute atomic E-state index is 0.184. The number of methoxy groups -OCH3 is 1. The number of hydrogen-bond acceptors (Lipinski definition) is 4. The quantitative estimate of drug-likeness (QED) is 0.622. The van der Waals surface area contributed by atoms with Gasteiger partial charge in [0.15, 0.2) is 0 Å². The number of nitrogens with zero attached hydrogens (tertiary/aromatic N) is 1. The summed E-state index contributed by atoms with van der Waals surface area (Å²) in [5.41, 5.74) is 7.08. The van der Waals surface area contributed by atoms with E-state index in [1.54, 1.807) is 13.2 Å². The molecular formula is C27H26B2N2O2. The summed E-state index contributed by atoms with van der Waals surface area (Å²) in [6.45, 7) is 8.35. The van der Waals surface area contributed by atoms with Crippen LogP contribution in [0.4, 0.5) is 5.69 Å². The van der Waals surface area contributed by atoms with Gasteiger partial charge < -0.3 is 19.7 Å². The highest BCUT2D eigenvalue weighted by Crippen LogP contribution is 2.57. The Morgan fingerprint density at radius 3 is 2.58 bits per heavy atom. The van der Waals surface area contributed by atoms with Crippen LogP contribution in [0.2, 0.25) is 0 Å². The highest BCUT2D eigenvalue weighted by Gasteiger charge is 2.41. The summed E-state index contributed by atoms with van der Waals surface area (Å²) in [6, 6.07) is 13.1. The molecular weight excluding hydrogens is 406 g/mol. The van der Waals surface area contributed by atoms with Crippen molar-refractivity contribution in [2.45, 2.75) is 24.7 Å². The summed E-state index contributed by atoms with van der Waals surface area (Å²) in [7, 11) is 14.2. The van der Waals surface area contributed by atoms with Gasteiger partial charge in [-0.15, -0.1) is 0 Å². The molecule has 6 rings (SSSR count). The maximum absolute atomic E-state index is 6.22. The Labute approximate surface area is 197 Å². The van der Waals surface area contributed by atoms with Crippen LogP contribution >= 0.6 is 0 Å². The lowest BCUT2D eigenvalue weighted by molar-refractivity contribution is 0.287. The summed E-state index contributed by atoms with van der Waals surface area (Å²) in [4.78, 5) is 2.39. The van der Waals surface area contributed by atoms with Crippen LogP contribution in [0.25, 0.3) is 28.0 Å². The van der Waals surface area contributed by atoms with Crippen molar-refractivity contribution < 1.29 is 9.47 Å². The van der Waals surface area contributed by atoms with Crippen LogP contribution in [0.15, 0.2) is 42.5 Å². The summed E-state index contributed by atoms with van der Waals surface area (Å²) in [5.74, 6) is 1.55. The molecule has 0 unspecified atom stereocenters. The topological polar surface area (TPSA) is 33.7 Å². The second-order valence-electron chi connectivity index (χ2n) is 9.76. The number of fused-ring (bicyclic) bond motifs is 8. The summed E-state index contributed by atoms with van der Waals surface area (Å²) < 4.78 is 12.1. The molecule has 3 aliphatic rings. The fourth-order valence-electron chi connectivity index (χ4n) is 5.81. The Hall–Kier alpha value is -2.85. The fourth-order valence-corrected chi connectivity index (χ4v) is 5.81. The number of nitrogens with one attached hydrogen (secondary N) is 1. The molecule has 0 aromatic heterocycles. The zero-order chi connectivity index (χ0) is 23.0. The second-order valence-corrected chi connectivity index (χ2v) is 9.76. The molecule has 6 heteroatoms. The Kier molecular flexibility index (Phi) is 4.44. The molecule has 1 fully saturated rings. The van der Waals surface area contributed by atoms with E-state index in [0.717, 1.165) is 59.7 Å². The molecule has 0 bridgehead atoms. The van der Waals surface area contributed by atoms with Crippen LogP contribution in [0.3, 0.4) is 0 Å². The zero-order valence-electron chi connectivity index (χ0n) is 19.4. The van der Waals surface area contributed by atoms with Crippen LogP contribution in [-0.2, 0) is 5.41 Å². The van der Waals surface area contributed by atoms with E-state index in [4.69, 9.17) is 25.2 Å². The van der Waals surface area contributed by atoms with Gasteiger partial charge in [0, 0.05) is 47.9 Å². The number of benzene rings is 3. The third kappa shape index (κ3) is 2.96. The molecule has 1 N–H and O–H groups in total. The lowest BCUT2D eigenvalue weighted by Gasteiger charge is -2.35. The van der Waals surface area contributed by atoms with Crippen LogP contribution < -0.4 is 19.7 Å². The minimum Gasteiger partial charge on any atom is -0.502 e. The predicted molar refractivity (Wildman–Crippen MR) is 137 cm³/mol. The van der Waals surface area contributed by atoms with E-state index < -0.39 is 5.40 Å². The number of piperazine rings is 1. The van der Waals surface area contributed by atoms with Gasteiger partial charge in [-0.1, -0.05) is 50.3 Å². The highest BCUT2D eigenvalue weighted by atomic mass is 16.5. The van der Waals surface area contributed by atoms with E-state index in [2.05, 4.69) is 60.5 Å². The van der Waals surface area contributed by atoms with Gasteiger partial charge in [-0.05, 0) is 39.8 Å². The first-order valence-electron chi connectivity index (χ1n) is 11.6. The van der Waals surface area contributed by atoms with Crippen molar-refractivity contribution in [2.75, 3.05) is 38.2 Å². The van der Waals surface area contributed by atoms with Gasteiger partial charge in [0.25, 0.3) is 0 Å². The van der Waals surface area contributed by atoms with Crippen molar-refractivity contribution in [3.8, 4) is 22.6 Å². The van der Waals surface area contributed by atoms with E-state index >= 15 is 0 Å². The summed E-state index contributed by atoms with van der Waals surface area (Å²) in [6.07, 6.45) is 3.77. The maximum atomic E-state index is 6.22. The Morgan fingerprint density at radius 1 is 1.06 bits per heavy atom. The fraction of sp³-hybridized carbons (Fsp3) is 0.333. The highest BCUT2D eigenvalue weighted by molar-refractivity contribution is 6.41. The molecule has 2 aliphatic heterocycles. The zero-order valence-corrected chi connectivity index (χ0v) is 19.4. The van der Waals surface area contributed by atoms with Crippen molar-refractivity contribution in [3.63, 3.8) is 0 Å². The average Bonchev–Trinajstić information content (AvgIpc) is 3.06. The van der Waals surface area contributed by atoms with Gasteiger partial charge in [0.1, 0.15) is 27.2 Å². The van der Waals surface area contributed by atoms with Crippen molar-refractivity contribution in [1.82, 2.24) is 5.32 Å². The molecule has 2 heterocycles. The molecule has 4 nitrogen and oxygen atoms in total. The van der Waals surface area contributed by atoms with Gasteiger partial charge >= 0.3 is 0 Å². The lowest BCUT2D eigenvalue weighted by atomic mass is 9.63. The van der Waals surface area contributed by atoms with Gasteiger partial charge in [0.05, 0.1) is 12.8 Å². The molecule has 1 aliphatic carbocycles. The van der Waals surface area contributed by atoms with Gasteiger partial charge in [0.2, 0.25) is 0 Å². The first kappa shape index (κ1) is 20.7. The number of hydrogen-bond donors (Lipinski definition) is 1. The van der Waals surface area contributed by atoms with Gasteiger partial charge in [-0.3, -0.25) is 0 Å². The Balaban J connectivity index is 1.74. The van der Waals surface area contributed by atoms with Gasteiger partial charge in [-0.2, -0.15) is 0 Å². The Bertz CT molecular complexity index is 1320. The van der Waals surface area contributed by atoms with Crippen molar-refractivity contribution in [1.29, 1.82) is 0 Å². The SMILES string of the molecule is [B]C1([B])C=Cc2c3c(c4cc(N5CCNCC5)c(OC)cc4c2O1)-c1ccccc1C3(C)C. The smallest absolute Gasteiger partial charge is 0.142 e. The first-order chi connectivity index (χ1) is 15.8. The molecule has 4 radical (unpaired) electrons. The number of ether oxygens (including phenoxy) is 2. The van der Waals surface area contributed by atoms with E-state index in [1.165, 1.54) is 22.3 Å². The molecule has 0 spiro atoms. The second kappa shape index (κ2) is 7.07. The van der Waals surface area contributed by atoms with Crippen LogP contribution in [-0.4, -0.2) is 54.4 Å². The van der Waals surface area contributed by atoms with E-state index in [1.807, 2.05) is 6.08 Å².